The number of aromatic nitrogens is 6. The summed E-state index contributed by atoms with van der Waals surface area (Å²) in [5.41, 5.74) is 1.94. The molecule has 3 aromatic rings. The Morgan fingerprint density at radius 1 is 1.24 bits per heavy atom. The van der Waals surface area contributed by atoms with Gasteiger partial charge in [0.15, 0.2) is 11.3 Å². The molecule has 0 spiro atoms. The summed E-state index contributed by atoms with van der Waals surface area (Å²) >= 11 is 0. The normalized spacial score (nSPS) is 14.2. The summed E-state index contributed by atoms with van der Waals surface area (Å²) < 4.78 is 7.88. The first-order valence-electron chi connectivity index (χ1n) is 7.79. The number of fused-ring (bicyclic) bond motifs is 2. The summed E-state index contributed by atoms with van der Waals surface area (Å²) in [6, 6.07) is 6.83. The van der Waals surface area contributed by atoms with Gasteiger partial charge in [-0.05, 0) is 35.0 Å². The molecule has 1 aliphatic rings. The molecule has 1 amide bonds. The topological polar surface area (TPSA) is 108 Å². The maximum absolute atomic E-state index is 13.0. The highest BCUT2D eigenvalue weighted by molar-refractivity contribution is 5.93. The first-order valence-corrected chi connectivity index (χ1v) is 7.79. The lowest BCUT2D eigenvalue weighted by molar-refractivity contribution is 0.0593. The van der Waals surface area contributed by atoms with Crippen molar-refractivity contribution < 1.29 is 14.3 Å². The Morgan fingerprint density at radius 2 is 2.12 bits per heavy atom. The molecule has 10 heteroatoms. The second-order valence-electron chi connectivity index (χ2n) is 5.68. The predicted molar refractivity (Wildman–Crippen MR) is 83.7 cm³/mol. The number of carbonyl (C=O) groups is 2. The molecule has 4 heterocycles. The highest BCUT2D eigenvalue weighted by atomic mass is 16.5. The minimum Gasteiger partial charge on any atom is -0.464 e. The van der Waals surface area contributed by atoms with E-state index in [1.807, 2.05) is 0 Å². The Hall–Kier alpha value is -3.30. The number of carbonyl (C=O) groups excluding carboxylic acids is 2. The number of esters is 1. The molecule has 0 unspecified atom stereocenters. The van der Waals surface area contributed by atoms with Gasteiger partial charge in [-0.3, -0.25) is 9.48 Å². The van der Waals surface area contributed by atoms with Crippen molar-refractivity contribution in [3.8, 4) is 0 Å². The second-order valence-corrected chi connectivity index (χ2v) is 5.68. The summed E-state index contributed by atoms with van der Waals surface area (Å²) in [5, 5.41) is 15.6. The summed E-state index contributed by atoms with van der Waals surface area (Å²) in [7, 11) is 1.32. The largest absolute Gasteiger partial charge is 0.464 e. The maximum Gasteiger partial charge on any atom is 0.358 e. The number of methoxy groups -OCH3 is 1. The number of hydrogen-bond acceptors (Lipinski definition) is 7. The molecular formula is C15H15N7O3. The van der Waals surface area contributed by atoms with Crippen molar-refractivity contribution in [2.75, 3.05) is 13.7 Å². The van der Waals surface area contributed by atoms with Crippen molar-refractivity contribution in [2.24, 2.45) is 0 Å². The number of nitrogens with zero attached hydrogens (tertiary/aromatic N) is 7. The highest BCUT2D eigenvalue weighted by Gasteiger charge is 2.25. The van der Waals surface area contributed by atoms with Crippen LogP contribution in [0, 0.1) is 0 Å². The molecule has 4 rings (SSSR count). The fourth-order valence-corrected chi connectivity index (χ4v) is 2.93. The Balaban J connectivity index is 1.65. The van der Waals surface area contributed by atoms with Crippen LogP contribution in [0.2, 0.25) is 0 Å². The van der Waals surface area contributed by atoms with Gasteiger partial charge in [-0.25, -0.2) is 4.79 Å². The van der Waals surface area contributed by atoms with Crippen molar-refractivity contribution in [3.63, 3.8) is 0 Å². The standard InChI is InChI=1S/C15H15N7O3/c1-25-15(24)11-8-10-9-20(6-3-7-21(10)17-11)14(23)12-4-2-5-13-16-18-19-22(12)13/h2,4-5,8H,3,6-7,9H2,1H3. The van der Waals surface area contributed by atoms with Gasteiger partial charge < -0.3 is 9.64 Å². The van der Waals surface area contributed by atoms with E-state index in [-0.39, 0.29) is 11.6 Å². The van der Waals surface area contributed by atoms with Crippen LogP contribution in [0.1, 0.15) is 33.1 Å². The number of pyridine rings is 1. The zero-order valence-electron chi connectivity index (χ0n) is 13.5. The van der Waals surface area contributed by atoms with E-state index < -0.39 is 5.97 Å². The molecule has 128 valence electrons. The SMILES string of the molecule is COC(=O)c1cc2n(n1)CCCN(C(=O)c1cccc3nnnn13)C2. The first-order chi connectivity index (χ1) is 12.2. The quantitative estimate of drug-likeness (QED) is 0.611. The Labute approximate surface area is 142 Å². The lowest BCUT2D eigenvalue weighted by Crippen LogP contribution is -2.32. The predicted octanol–water partition coefficient (Wildman–Crippen LogP) is 0.153. The molecule has 1 aliphatic heterocycles. The number of hydrogen-bond donors (Lipinski definition) is 0. The third-order valence-corrected chi connectivity index (χ3v) is 4.14. The first kappa shape index (κ1) is 15.2. The Kier molecular flexibility index (Phi) is 3.64. The number of amides is 1. The van der Waals surface area contributed by atoms with E-state index in [0.717, 1.165) is 12.1 Å². The fourth-order valence-electron chi connectivity index (χ4n) is 2.93. The molecule has 0 N–H and O–H groups in total. The van der Waals surface area contributed by atoms with E-state index in [9.17, 15) is 9.59 Å². The maximum atomic E-state index is 13.0. The second kappa shape index (κ2) is 5.96. The molecule has 0 saturated carbocycles. The van der Waals surface area contributed by atoms with Crippen molar-refractivity contribution in [3.05, 3.63) is 41.3 Å². The molecule has 25 heavy (non-hydrogen) atoms. The number of rotatable bonds is 2. The van der Waals surface area contributed by atoms with Crippen LogP contribution in [0.5, 0.6) is 0 Å². The third kappa shape index (κ3) is 2.61. The average molecular weight is 341 g/mol. The van der Waals surface area contributed by atoms with Crippen molar-refractivity contribution >= 4 is 17.5 Å². The Bertz CT molecular complexity index is 961. The van der Waals surface area contributed by atoms with Gasteiger partial charge in [0.05, 0.1) is 19.3 Å². The van der Waals surface area contributed by atoms with Crippen LogP contribution in [0.3, 0.4) is 0 Å². The number of tetrazole rings is 1. The van der Waals surface area contributed by atoms with E-state index >= 15 is 0 Å². The molecule has 3 aromatic heterocycles. The van der Waals surface area contributed by atoms with Gasteiger partial charge >= 0.3 is 5.97 Å². The van der Waals surface area contributed by atoms with Crippen LogP contribution in [-0.4, -0.2) is 60.3 Å². The molecule has 0 aliphatic carbocycles. The smallest absolute Gasteiger partial charge is 0.358 e. The summed E-state index contributed by atoms with van der Waals surface area (Å²) in [4.78, 5) is 26.3. The third-order valence-electron chi connectivity index (χ3n) is 4.14. The van der Waals surface area contributed by atoms with Crippen LogP contribution in [0.15, 0.2) is 24.3 Å². The lowest BCUT2D eigenvalue weighted by atomic mass is 10.2. The molecule has 0 atom stereocenters. The average Bonchev–Trinajstić information content (AvgIpc) is 3.22. The summed E-state index contributed by atoms with van der Waals surface area (Å²) in [5.74, 6) is -0.663. The van der Waals surface area contributed by atoms with Gasteiger partial charge in [0.2, 0.25) is 0 Å². The lowest BCUT2D eigenvalue weighted by Gasteiger charge is -2.20. The molecule has 0 aromatic carbocycles. The van der Waals surface area contributed by atoms with Gasteiger partial charge in [0, 0.05) is 13.1 Å². The van der Waals surface area contributed by atoms with Gasteiger partial charge in [0.1, 0.15) is 5.69 Å². The van der Waals surface area contributed by atoms with Crippen molar-refractivity contribution in [1.82, 2.24) is 34.7 Å². The molecule has 0 fully saturated rings. The summed E-state index contributed by atoms with van der Waals surface area (Å²) in [6.07, 6.45) is 0.729. The van der Waals surface area contributed by atoms with Crippen LogP contribution in [0.25, 0.3) is 5.65 Å². The van der Waals surface area contributed by atoms with E-state index in [0.29, 0.717) is 31.0 Å². The molecule has 0 radical (unpaired) electrons. The zero-order valence-corrected chi connectivity index (χ0v) is 13.5. The minimum absolute atomic E-state index is 0.174. The van der Waals surface area contributed by atoms with Crippen LogP contribution in [-0.2, 0) is 17.8 Å². The highest BCUT2D eigenvalue weighted by Crippen LogP contribution is 2.17. The zero-order chi connectivity index (χ0) is 17.4. The molecule has 0 bridgehead atoms. The van der Waals surface area contributed by atoms with E-state index in [1.54, 1.807) is 33.8 Å². The van der Waals surface area contributed by atoms with E-state index in [2.05, 4.69) is 20.6 Å². The summed E-state index contributed by atoms with van der Waals surface area (Å²) in [6.45, 7) is 1.56. The van der Waals surface area contributed by atoms with Gasteiger partial charge in [-0.1, -0.05) is 6.07 Å². The van der Waals surface area contributed by atoms with Crippen LogP contribution in [0.4, 0.5) is 0 Å². The van der Waals surface area contributed by atoms with E-state index in [1.165, 1.54) is 11.6 Å². The van der Waals surface area contributed by atoms with Crippen LogP contribution >= 0.6 is 0 Å². The number of ether oxygens (including phenoxy) is 1. The van der Waals surface area contributed by atoms with Crippen molar-refractivity contribution in [2.45, 2.75) is 19.5 Å². The Morgan fingerprint density at radius 3 is 2.96 bits per heavy atom. The molecule has 0 saturated heterocycles. The molecular weight excluding hydrogens is 326 g/mol. The van der Waals surface area contributed by atoms with Gasteiger partial charge in [0.25, 0.3) is 5.91 Å². The van der Waals surface area contributed by atoms with Crippen LogP contribution < -0.4 is 0 Å². The molecule has 10 nitrogen and oxygen atoms in total. The number of aryl methyl sites for hydroxylation is 1. The fraction of sp³-hybridized carbons (Fsp3) is 0.333. The van der Waals surface area contributed by atoms with Crippen molar-refractivity contribution in [1.29, 1.82) is 0 Å². The van der Waals surface area contributed by atoms with Gasteiger partial charge in [-0.2, -0.15) is 9.61 Å². The minimum atomic E-state index is -0.489. The van der Waals surface area contributed by atoms with E-state index in [4.69, 9.17) is 4.74 Å². The van der Waals surface area contributed by atoms with Gasteiger partial charge in [-0.15, -0.1) is 5.10 Å². The monoisotopic (exact) mass is 341 g/mol.